The van der Waals surface area contributed by atoms with E-state index in [0.717, 1.165) is 54.4 Å². The van der Waals surface area contributed by atoms with Gasteiger partial charge in [0.1, 0.15) is 11.8 Å². The lowest BCUT2D eigenvalue weighted by atomic mass is 9.92. The van der Waals surface area contributed by atoms with Crippen LogP contribution in [0.1, 0.15) is 70.4 Å². The number of aromatic nitrogens is 4. The van der Waals surface area contributed by atoms with Gasteiger partial charge in [0, 0.05) is 54.5 Å². The van der Waals surface area contributed by atoms with Crippen LogP contribution in [0.5, 0.6) is 0 Å². The molecule has 12 nitrogen and oxygen atoms in total. The van der Waals surface area contributed by atoms with E-state index < -0.39 is 12.1 Å². The number of fused-ring (bicyclic) bond motifs is 1. The number of nitrogens with zero attached hydrogens (tertiary/aromatic N) is 6. The minimum atomic E-state index is -1.35. The predicted octanol–water partition coefficient (Wildman–Crippen LogP) is 5.16. The molecule has 5 heterocycles. The number of carbonyl (C=O) groups excluding carboxylic acids is 3. The van der Waals surface area contributed by atoms with E-state index in [9.17, 15) is 19.5 Å². The van der Waals surface area contributed by atoms with E-state index in [1.54, 1.807) is 24.4 Å². The number of rotatable bonds is 8. The Hall–Kier alpha value is -5.10. The summed E-state index contributed by atoms with van der Waals surface area (Å²) in [5.41, 5.74) is 11.0. The van der Waals surface area contributed by atoms with Crippen LogP contribution in [0.3, 0.4) is 0 Å². The van der Waals surface area contributed by atoms with E-state index in [1.165, 1.54) is 17.4 Å². The fourth-order valence-electron chi connectivity index (χ4n) is 7.49. The number of nitrogens with one attached hydrogen (secondary N) is 1. The highest BCUT2D eigenvalue weighted by molar-refractivity contribution is 6.21. The Morgan fingerprint density at radius 2 is 1.78 bits per heavy atom. The Bertz CT molecular complexity index is 1910. The molecule has 1 aliphatic carbocycles. The van der Waals surface area contributed by atoms with Crippen molar-refractivity contribution < 1.29 is 19.5 Å². The van der Waals surface area contributed by atoms with Crippen LogP contribution >= 0.6 is 0 Å². The minimum Gasteiger partial charge on any atom is -0.382 e. The molecule has 0 bridgehead atoms. The normalized spacial score (nSPS) is 21.0. The van der Waals surface area contributed by atoms with Crippen LogP contribution in [0, 0.1) is 17.8 Å². The predicted molar refractivity (Wildman–Crippen MR) is 191 cm³/mol. The van der Waals surface area contributed by atoms with Crippen LogP contribution in [0.2, 0.25) is 0 Å². The number of allylic oxidation sites excluding steroid dienone is 1. The summed E-state index contributed by atoms with van der Waals surface area (Å²) in [7, 11) is 0. The number of hydrogen-bond acceptors (Lipinski definition) is 9. The highest BCUT2D eigenvalue weighted by Gasteiger charge is 2.37. The van der Waals surface area contributed by atoms with Gasteiger partial charge in [-0.2, -0.15) is 5.10 Å². The third kappa shape index (κ3) is 6.72. The fraction of sp³-hybridized carbons (Fsp3) is 0.421. The van der Waals surface area contributed by atoms with Crippen LogP contribution in [-0.2, 0) is 14.4 Å². The van der Waals surface area contributed by atoms with E-state index in [1.807, 2.05) is 47.5 Å². The molecule has 50 heavy (non-hydrogen) atoms. The first-order valence-corrected chi connectivity index (χ1v) is 17.6. The standard InChI is InChI=1S/C38H44N8O4/c1-23(2)37(49)44-17-14-26(15-18-44)32-20-31(34-35(39)41-22-42-46(32)34)25-10-12-28(13-11-25)43-36(48)30-7-3-5-27(24-8-9-24)19-33(47)45(38(30)50)29-6-4-16-40-21-29/h4,6-7,10-13,16,20-24,26-27,36,43,48H,3,5,8-9,14-15,17-19H2,1-2H3,(H2,39,41,42)/b30-7-. The fourth-order valence-corrected chi connectivity index (χ4v) is 7.49. The van der Waals surface area contributed by atoms with Gasteiger partial charge in [-0.15, -0.1) is 0 Å². The number of piperidine rings is 1. The molecule has 0 spiro atoms. The molecule has 3 aliphatic rings. The molecule has 2 atom stereocenters. The number of hydrogen-bond donors (Lipinski definition) is 3. The van der Waals surface area contributed by atoms with Gasteiger partial charge in [0.15, 0.2) is 12.0 Å². The summed E-state index contributed by atoms with van der Waals surface area (Å²) in [6, 6.07) is 13.0. The third-order valence-corrected chi connectivity index (χ3v) is 10.4. The molecule has 1 aromatic carbocycles. The summed E-state index contributed by atoms with van der Waals surface area (Å²) in [4.78, 5) is 51.6. The van der Waals surface area contributed by atoms with Gasteiger partial charge >= 0.3 is 0 Å². The van der Waals surface area contributed by atoms with Crippen molar-refractivity contribution in [1.29, 1.82) is 0 Å². The Kier molecular flexibility index (Phi) is 9.37. The maximum atomic E-state index is 14.0. The lowest BCUT2D eigenvalue weighted by Crippen LogP contribution is -2.42. The molecular weight excluding hydrogens is 632 g/mol. The lowest BCUT2D eigenvalue weighted by molar-refractivity contribution is -0.135. The van der Waals surface area contributed by atoms with E-state index >= 15 is 0 Å². The average Bonchev–Trinajstić information content (AvgIpc) is 3.89. The third-order valence-electron chi connectivity index (χ3n) is 10.4. The summed E-state index contributed by atoms with van der Waals surface area (Å²) in [6.07, 6.45) is 10.5. The molecular formula is C38H44N8O4. The van der Waals surface area contributed by atoms with Crippen molar-refractivity contribution in [3.8, 4) is 11.1 Å². The second-order valence-corrected chi connectivity index (χ2v) is 14.1. The first kappa shape index (κ1) is 33.4. The molecule has 4 N–H and O–H groups in total. The Balaban J connectivity index is 1.12. The number of pyridine rings is 1. The monoisotopic (exact) mass is 676 g/mol. The second kappa shape index (κ2) is 14.0. The number of likely N-dealkylation sites (tertiary alicyclic amines) is 1. The lowest BCUT2D eigenvalue weighted by Gasteiger charge is -2.33. The van der Waals surface area contributed by atoms with Gasteiger partial charge in [0.05, 0.1) is 17.5 Å². The SMILES string of the molecule is CC(C)C(=O)N1CCC(c2cc(-c3ccc(NC(O)/C4=C/CCC(C5CC5)CC(=O)N(c5cccnc5)C4=O)cc3)c3c(N)ncnn23)CC1. The van der Waals surface area contributed by atoms with Gasteiger partial charge in [-0.3, -0.25) is 19.4 Å². The maximum absolute atomic E-state index is 14.0. The average molecular weight is 677 g/mol. The second-order valence-electron chi connectivity index (χ2n) is 14.1. The topological polar surface area (TPSA) is 159 Å². The smallest absolute Gasteiger partial charge is 0.265 e. The van der Waals surface area contributed by atoms with Gasteiger partial charge in [-0.1, -0.05) is 32.1 Å². The Labute approximate surface area is 291 Å². The highest BCUT2D eigenvalue weighted by atomic mass is 16.3. The van der Waals surface area contributed by atoms with Gasteiger partial charge in [-0.25, -0.2) is 14.4 Å². The van der Waals surface area contributed by atoms with Crippen molar-refractivity contribution >= 4 is 40.4 Å². The van der Waals surface area contributed by atoms with Crippen LogP contribution in [0.4, 0.5) is 17.2 Å². The van der Waals surface area contributed by atoms with Gasteiger partial charge in [-0.05, 0) is 86.3 Å². The maximum Gasteiger partial charge on any atom is 0.265 e. The largest absolute Gasteiger partial charge is 0.382 e. The summed E-state index contributed by atoms with van der Waals surface area (Å²) >= 11 is 0. The summed E-state index contributed by atoms with van der Waals surface area (Å²) < 4.78 is 1.87. The van der Waals surface area contributed by atoms with Gasteiger partial charge in [0.2, 0.25) is 11.8 Å². The molecule has 4 aromatic rings. The van der Waals surface area contributed by atoms with Gasteiger partial charge in [0.25, 0.3) is 5.91 Å². The molecule has 2 aliphatic heterocycles. The zero-order valence-electron chi connectivity index (χ0n) is 28.5. The summed E-state index contributed by atoms with van der Waals surface area (Å²) in [5.74, 6) is 0.604. The first-order chi connectivity index (χ1) is 24.2. The minimum absolute atomic E-state index is 0.0256. The number of anilines is 3. The quantitative estimate of drug-likeness (QED) is 0.169. The van der Waals surface area contributed by atoms with Crippen molar-refractivity contribution in [2.75, 3.05) is 29.0 Å². The van der Waals surface area contributed by atoms with Crippen LogP contribution < -0.4 is 16.0 Å². The summed E-state index contributed by atoms with van der Waals surface area (Å²) in [6.45, 7) is 5.26. The number of aliphatic hydroxyl groups excluding tert-OH is 1. The van der Waals surface area contributed by atoms with Crippen molar-refractivity contribution in [1.82, 2.24) is 24.5 Å². The number of amides is 3. The molecule has 3 amide bonds. The molecule has 260 valence electrons. The van der Waals surface area contributed by atoms with Crippen LogP contribution in [0.25, 0.3) is 16.6 Å². The first-order valence-electron chi connectivity index (χ1n) is 17.6. The van der Waals surface area contributed by atoms with Crippen molar-refractivity contribution in [2.24, 2.45) is 17.8 Å². The van der Waals surface area contributed by atoms with E-state index in [4.69, 9.17) is 5.73 Å². The molecule has 1 saturated heterocycles. The van der Waals surface area contributed by atoms with Crippen LogP contribution in [-0.4, -0.2) is 66.6 Å². The van der Waals surface area contributed by atoms with Gasteiger partial charge < -0.3 is 21.1 Å². The van der Waals surface area contributed by atoms with E-state index in [0.29, 0.717) is 49.0 Å². The molecule has 7 rings (SSSR count). The van der Waals surface area contributed by atoms with Crippen molar-refractivity contribution in [3.63, 3.8) is 0 Å². The zero-order valence-corrected chi connectivity index (χ0v) is 28.5. The number of carbonyl (C=O) groups is 3. The number of nitrogen functional groups attached to an aromatic ring is 1. The number of benzene rings is 1. The number of nitrogens with two attached hydrogens (primary N) is 1. The van der Waals surface area contributed by atoms with E-state index in [-0.39, 0.29) is 35.1 Å². The highest BCUT2D eigenvalue weighted by Crippen LogP contribution is 2.42. The summed E-state index contributed by atoms with van der Waals surface area (Å²) in [5, 5.41) is 19.1. The van der Waals surface area contributed by atoms with Crippen molar-refractivity contribution in [2.45, 2.75) is 70.9 Å². The Morgan fingerprint density at radius 1 is 1.02 bits per heavy atom. The molecule has 0 radical (unpaired) electrons. The molecule has 3 aromatic heterocycles. The molecule has 2 fully saturated rings. The van der Waals surface area contributed by atoms with Crippen LogP contribution in [0.15, 0.2) is 72.8 Å². The molecule has 12 heteroatoms. The zero-order chi connectivity index (χ0) is 34.9. The number of imide groups is 1. The Morgan fingerprint density at radius 3 is 2.46 bits per heavy atom. The van der Waals surface area contributed by atoms with Crippen molar-refractivity contribution in [3.05, 3.63) is 78.5 Å². The number of aliphatic hydroxyl groups is 1. The molecule has 2 unspecified atom stereocenters. The molecule has 1 saturated carbocycles. The van der Waals surface area contributed by atoms with E-state index in [2.05, 4.69) is 26.4 Å².